The summed E-state index contributed by atoms with van der Waals surface area (Å²) in [6.07, 6.45) is 7.05. The van der Waals surface area contributed by atoms with Gasteiger partial charge in [0.05, 0.1) is 0 Å². The summed E-state index contributed by atoms with van der Waals surface area (Å²) in [6.45, 7) is 0. The van der Waals surface area contributed by atoms with Gasteiger partial charge in [-0.15, -0.1) is 0 Å². The third kappa shape index (κ3) is 4.61. The molecule has 0 unspecified atom stereocenters. The molecule has 5 heteroatoms. The average molecular weight is 362 g/mol. The van der Waals surface area contributed by atoms with Gasteiger partial charge in [0.15, 0.2) is 23.0 Å². The maximum Gasteiger partial charge on any atom is 0.157 e. The van der Waals surface area contributed by atoms with Gasteiger partial charge in [0.1, 0.15) is 5.75 Å². The highest BCUT2D eigenvalue weighted by atomic mass is 16.3. The smallest absolute Gasteiger partial charge is 0.157 e. The molecule has 0 aromatic heterocycles. The van der Waals surface area contributed by atoms with Gasteiger partial charge in [0.2, 0.25) is 0 Å². The minimum absolute atomic E-state index is 0.0962. The normalized spacial score (nSPS) is 11.4. The quantitative estimate of drug-likeness (QED) is 0.346. The Morgan fingerprint density at radius 3 is 1.22 bits per heavy atom. The summed E-state index contributed by atoms with van der Waals surface area (Å²) in [4.78, 5) is 0. The molecule has 0 aliphatic carbocycles. The summed E-state index contributed by atoms with van der Waals surface area (Å²) in [6, 6.07) is 14.0. The topological polar surface area (TPSA) is 101 Å². The van der Waals surface area contributed by atoms with Crippen molar-refractivity contribution >= 4 is 24.3 Å². The number of phenols is 5. The van der Waals surface area contributed by atoms with E-state index in [0.29, 0.717) is 11.1 Å². The molecule has 0 aliphatic rings. The SMILES string of the molecule is Oc1cc(C=Cc2ccc(O)c(O)c2)cc(C=Cc2ccc(O)c(O)c2)c1. The molecule has 5 nitrogen and oxygen atoms in total. The zero-order chi connectivity index (χ0) is 19.4. The molecule has 0 saturated heterocycles. The first kappa shape index (κ1) is 17.9. The third-order valence-electron chi connectivity index (χ3n) is 3.90. The van der Waals surface area contributed by atoms with Crippen molar-refractivity contribution in [1.82, 2.24) is 0 Å². The standard InChI is InChI=1S/C22H18O5/c23-18-10-16(3-1-14-5-7-19(24)21(26)12-14)9-17(11-18)4-2-15-6-8-20(25)22(27)13-15/h1-13,23-27H. The first-order chi connectivity index (χ1) is 12.9. The second-order valence-corrected chi connectivity index (χ2v) is 6.02. The minimum Gasteiger partial charge on any atom is -0.508 e. The molecular weight excluding hydrogens is 344 g/mol. The van der Waals surface area contributed by atoms with Crippen LogP contribution in [0.25, 0.3) is 24.3 Å². The fraction of sp³-hybridized carbons (Fsp3) is 0. The molecule has 0 bridgehead atoms. The summed E-state index contributed by atoms with van der Waals surface area (Å²) in [5.74, 6) is -0.670. The number of benzene rings is 3. The van der Waals surface area contributed by atoms with Gasteiger partial charge in [-0.05, 0) is 64.7 Å². The number of hydrogen-bond acceptors (Lipinski definition) is 5. The largest absolute Gasteiger partial charge is 0.508 e. The molecule has 27 heavy (non-hydrogen) atoms. The van der Waals surface area contributed by atoms with E-state index >= 15 is 0 Å². The Balaban J connectivity index is 1.83. The van der Waals surface area contributed by atoms with Crippen LogP contribution in [0.3, 0.4) is 0 Å². The lowest BCUT2D eigenvalue weighted by Crippen LogP contribution is -1.79. The molecule has 0 heterocycles. The van der Waals surface area contributed by atoms with Gasteiger partial charge >= 0.3 is 0 Å². The maximum atomic E-state index is 9.94. The van der Waals surface area contributed by atoms with Gasteiger partial charge in [-0.3, -0.25) is 0 Å². The zero-order valence-corrected chi connectivity index (χ0v) is 14.2. The van der Waals surface area contributed by atoms with Gasteiger partial charge in [0.25, 0.3) is 0 Å². The van der Waals surface area contributed by atoms with Crippen molar-refractivity contribution in [2.75, 3.05) is 0 Å². The molecule has 3 aromatic rings. The summed E-state index contributed by atoms with van der Waals surface area (Å²) in [5.41, 5.74) is 2.89. The Hall–Kier alpha value is -3.86. The van der Waals surface area contributed by atoms with Crippen LogP contribution < -0.4 is 0 Å². The summed E-state index contributed by atoms with van der Waals surface area (Å²) < 4.78 is 0. The summed E-state index contributed by atoms with van der Waals surface area (Å²) >= 11 is 0. The Morgan fingerprint density at radius 2 is 0.815 bits per heavy atom. The van der Waals surface area contributed by atoms with Crippen molar-refractivity contribution in [2.24, 2.45) is 0 Å². The fourth-order valence-electron chi connectivity index (χ4n) is 2.52. The molecule has 3 aromatic carbocycles. The van der Waals surface area contributed by atoms with E-state index in [9.17, 15) is 25.5 Å². The molecule has 0 atom stereocenters. The first-order valence-electron chi connectivity index (χ1n) is 8.15. The highest BCUT2D eigenvalue weighted by Crippen LogP contribution is 2.27. The van der Waals surface area contributed by atoms with Gasteiger partial charge in [0, 0.05) is 0 Å². The van der Waals surface area contributed by atoms with E-state index in [1.165, 1.54) is 24.3 Å². The zero-order valence-electron chi connectivity index (χ0n) is 14.2. The minimum atomic E-state index is -0.200. The van der Waals surface area contributed by atoms with Crippen LogP contribution in [0.1, 0.15) is 22.3 Å². The lowest BCUT2D eigenvalue weighted by Gasteiger charge is -2.02. The molecule has 0 spiro atoms. The molecule has 0 radical (unpaired) electrons. The molecule has 136 valence electrons. The van der Waals surface area contributed by atoms with E-state index in [4.69, 9.17) is 0 Å². The molecule has 0 fully saturated rings. The van der Waals surface area contributed by atoms with Crippen LogP contribution in [0.4, 0.5) is 0 Å². The van der Waals surface area contributed by atoms with Gasteiger partial charge in [-0.1, -0.05) is 36.4 Å². The Labute approximate surface area is 156 Å². The number of aromatic hydroxyl groups is 5. The van der Waals surface area contributed by atoms with Crippen LogP contribution in [0.5, 0.6) is 28.7 Å². The van der Waals surface area contributed by atoms with Crippen LogP contribution in [0, 0.1) is 0 Å². The number of hydrogen-bond donors (Lipinski definition) is 5. The maximum absolute atomic E-state index is 9.94. The first-order valence-corrected chi connectivity index (χ1v) is 8.15. The van der Waals surface area contributed by atoms with Gasteiger partial charge < -0.3 is 25.5 Å². The molecule has 0 amide bonds. The Kier molecular flexibility index (Phi) is 5.04. The van der Waals surface area contributed by atoms with Crippen molar-refractivity contribution in [1.29, 1.82) is 0 Å². The van der Waals surface area contributed by atoms with Crippen LogP contribution in [0.2, 0.25) is 0 Å². The highest BCUT2D eigenvalue weighted by Gasteiger charge is 2.01. The van der Waals surface area contributed by atoms with E-state index in [1.807, 2.05) is 6.07 Å². The molecule has 0 aliphatic heterocycles. The average Bonchev–Trinajstić information content (AvgIpc) is 2.63. The number of rotatable bonds is 4. The van der Waals surface area contributed by atoms with Crippen LogP contribution in [-0.2, 0) is 0 Å². The van der Waals surface area contributed by atoms with Crippen molar-refractivity contribution in [3.63, 3.8) is 0 Å². The van der Waals surface area contributed by atoms with Crippen molar-refractivity contribution in [2.45, 2.75) is 0 Å². The second kappa shape index (κ2) is 7.58. The van der Waals surface area contributed by atoms with E-state index in [-0.39, 0.29) is 28.7 Å². The van der Waals surface area contributed by atoms with E-state index in [1.54, 1.807) is 48.6 Å². The fourth-order valence-corrected chi connectivity index (χ4v) is 2.52. The summed E-state index contributed by atoms with van der Waals surface area (Å²) in [5, 5.41) is 47.7. The molecule has 0 saturated carbocycles. The predicted molar refractivity (Wildman–Crippen MR) is 106 cm³/mol. The monoisotopic (exact) mass is 362 g/mol. The Bertz CT molecular complexity index is 955. The lowest BCUT2D eigenvalue weighted by molar-refractivity contribution is 0.403. The van der Waals surface area contributed by atoms with Gasteiger partial charge in [-0.2, -0.15) is 0 Å². The predicted octanol–water partition coefficient (Wildman–Crippen LogP) is 4.56. The summed E-state index contributed by atoms with van der Waals surface area (Å²) in [7, 11) is 0. The van der Waals surface area contributed by atoms with E-state index < -0.39 is 0 Å². The highest BCUT2D eigenvalue weighted by molar-refractivity contribution is 5.76. The van der Waals surface area contributed by atoms with Crippen molar-refractivity contribution in [3.8, 4) is 28.7 Å². The van der Waals surface area contributed by atoms with Gasteiger partial charge in [-0.25, -0.2) is 0 Å². The molecule has 5 N–H and O–H groups in total. The van der Waals surface area contributed by atoms with Crippen LogP contribution in [0.15, 0.2) is 54.6 Å². The van der Waals surface area contributed by atoms with E-state index in [2.05, 4.69) is 0 Å². The third-order valence-corrected chi connectivity index (χ3v) is 3.90. The molecular formula is C22H18O5. The van der Waals surface area contributed by atoms with Crippen molar-refractivity contribution < 1.29 is 25.5 Å². The van der Waals surface area contributed by atoms with Crippen LogP contribution in [-0.4, -0.2) is 25.5 Å². The second-order valence-electron chi connectivity index (χ2n) is 6.02. The van der Waals surface area contributed by atoms with Crippen LogP contribution >= 0.6 is 0 Å². The Morgan fingerprint density at radius 1 is 0.407 bits per heavy atom. The van der Waals surface area contributed by atoms with Crippen molar-refractivity contribution in [3.05, 3.63) is 76.9 Å². The number of phenolic OH excluding ortho intramolecular Hbond substituents is 5. The lowest BCUT2D eigenvalue weighted by atomic mass is 10.1. The molecule has 3 rings (SSSR count). The van der Waals surface area contributed by atoms with E-state index in [0.717, 1.165) is 11.1 Å².